The minimum atomic E-state index is -4.29. The second-order valence-corrected chi connectivity index (χ2v) is 13.4. The van der Waals surface area contributed by atoms with E-state index in [-0.39, 0.29) is 19.4 Å². The van der Waals surface area contributed by atoms with Gasteiger partial charge in [-0.05, 0) is 81.2 Å². The molecule has 1 aromatic rings. The first-order valence-corrected chi connectivity index (χ1v) is 13.7. The molecule has 13 nitrogen and oxygen atoms in total. The Morgan fingerprint density at radius 2 is 1.36 bits per heavy atom. The van der Waals surface area contributed by atoms with Gasteiger partial charge in [0.25, 0.3) is 5.69 Å². The summed E-state index contributed by atoms with van der Waals surface area (Å²) in [6, 6.07) is 3.32. The van der Waals surface area contributed by atoms with E-state index >= 15 is 0 Å². The SMILES string of the molecule is CC(C)(C)OC(=O)[C@H](CCCNS(=O)(=O)c1ccccc1[N+](=O)[O-])N(C(=O)OC(C)(C)C)C(=O)OC(C)(C)C. The molecule has 0 fully saturated rings. The van der Waals surface area contributed by atoms with Crippen molar-refractivity contribution in [3.63, 3.8) is 0 Å². The molecular weight excluding hydrogens is 534 g/mol. The molecule has 0 saturated heterocycles. The first-order valence-electron chi connectivity index (χ1n) is 12.3. The lowest BCUT2D eigenvalue weighted by molar-refractivity contribution is -0.387. The molecule has 220 valence electrons. The predicted octanol–water partition coefficient (Wildman–Crippen LogP) is 4.54. The molecule has 0 bridgehead atoms. The van der Waals surface area contributed by atoms with Gasteiger partial charge in [0.2, 0.25) is 10.0 Å². The number of nitrogens with one attached hydrogen (secondary N) is 1. The highest BCUT2D eigenvalue weighted by molar-refractivity contribution is 7.89. The number of nitro groups is 1. The molecule has 1 N–H and O–H groups in total. The van der Waals surface area contributed by atoms with Crippen LogP contribution in [0.2, 0.25) is 0 Å². The van der Waals surface area contributed by atoms with Crippen LogP contribution in [0.1, 0.15) is 75.2 Å². The van der Waals surface area contributed by atoms with Crippen molar-refractivity contribution in [2.45, 2.75) is 103 Å². The third-order valence-electron chi connectivity index (χ3n) is 4.47. The highest BCUT2D eigenvalue weighted by Crippen LogP contribution is 2.24. The maximum atomic E-state index is 13.2. The third-order valence-corrected chi connectivity index (χ3v) is 5.98. The highest BCUT2D eigenvalue weighted by atomic mass is 32.2. The summed E-state index contributed by atoms with van der Waals surface area (Å²) in [6.45, 7) is 14.0. The molecule has 0 aliphatic rings. The molecule has 1 aromatic carbocycles. The zero-order valence-corrected chi connectivity index (χ0v) is 24.7. The number of nitro benzene ring substituents is 1. The van der Waals surface area contributed by atoms with Crippen molar-refractivity contribution in [2.75, 3.05) is 6.54 Å². The fourth-order valence-electron chi connectivity index (χ4n) is 3.09. The Morgan fingerprint density at radius 1 is 0.897 bits per heavy atom. The molecule has 1 atom stereocenters. The minimum absolute atomic E-state index is 0.0636. The van der Waals surface area contributed by atoms with Crippen molar-refractivity contribution in [2.24, 2.45) is 0 Å². The largest absolute Gasteiger partial charge is 0.458 e. The molecule has 39 heavy (non-hydrogen) atoms. The van der Waals surface area contributed by atoms with Crippen LogP contribution < -0.4 is 4.72 Å². The molecular formula is C25H39N3O10S. The number of sulfonamides is 1. The molecule has 0 aromatic heterocycles. The number of para-hydroxylation sites is 1. The van der Waals surface area contributed by atoms with Gasteiger partial charge in [0.1, 0.15) is 22.8 Å². The van der Waals surface area contributed by atoms with Gasteiger partial charge in [0, 0.05) is 12.6 Å². The van der Waals surface area contributed by atoms with Gasteiger partial charge in [-0.25, -0.2) is 27.5 Å². The fraction of sp³-hybridized carbons (Fsp3) is 0.640. The van der Waals surface area contributed by atoms with Gasteiger partial charge in [0.05, 0.1) is 4.92 Å². The van der Waals surface area contributed by atoms with E-state index in [1.807, 2.05) is 0 Å². The lowest BCUT2D eigenvalue weighted by Crippen LogP contribution is -2.53. The van der Waals surface area contributed by atoms with E-state index < -0.39 is 66.5 Å². The first-order chi connectivity index (χ1) is 17.5. The zero-order valence-electron chi connectivity index (χ0n) is 23.9. The van der Waals surface area contributed by atoms with Crippen molar-refractivity contribution in [3.05, 3.63) is 34.4 Å². The standard InChI is InChI=1S/C25H39N3O10S/c1-23(2,3)36-20(29)18(27(21(30)37-24(4,5)6)22(31)38-25(7,8)9)14-12-16-26-39(34,35)19-15-11-10-13-17(19)28(32)33/h10-11,13,15,18,26H,12,14,16H2,1-9H3/t18-/m0/s1. The summed E-state index contributed by atoms with van der Waals surface area (Å²) in [5.41, 5.74) is -3.61. The van der Waals surface area contributed by atoms with Crippen LogP contribution in [0, 0.1) is 10.1 Å². The molecule has 0 aliphatic carbocycles. The zero-order chi connectivity index (χ0) is 30.4. The molecule has 0 radical (unpaired) electrons. The van der Waals surface area contributed by atoms with E-state index in [9.17, 15) is 32.9 Å². The van der Waals surface area contributed by atoms with Gasteiger partial charge in [-0.3, -0.25) is 10.1 Å². The van der Waals surface area contributed by atoms with E-state index in [0.29, 0.717) is 4.90 Å². The van der Waals surface area contributed by atoms with Gasteiger partial charge in [0.15, 0.2) is 4.90 Å². The minimum Gasteiger partial charge on any atom is -0.458 e. The summed E-state index contributed by atoms with van der Waals surface area (Å²) in [5, 5.41) is 11.2. The Hall–Kier alpha value is -3.26. The Bertz CT molecular complexity index is 1130. The molecule has 0 spiro atoms. The average Bonchev–Trinajstić information content (AvgIpc) is 2.71. The smallest absolute Gasteiger partial charge is 0.420 e. The molecule has 0 unspecified atom stereocenters. The van der Waals surface area contributed by atoms with E-state index in [1.165, 1.54) is 12.1 Å². The van der Waals surface area contributed by atoms with E-state index in [0.717, 1.165) is 12.1 Å². The van der Waals surface area contributed by atoms with E-state index in [1.54, 1.807) is 62.3 Å². The molecule has 1 rings (SSSR count). The quantitative estimate of drug-likeness (QED) is 0.145. The molecule has 0 saturated carbocycles. The molecule has 0 heterocycles. The molecule has 2 amide bonds. The van der Waals surface area contributed by atoms with Crippen molar-refractivity contribution in [1.29, 1.82) is 0 Å². The first kappa shape index (κ1) is 33.8. The monoisotopic (exact) mass is 573 g/mol. The Balaban J connectivity index is 3.28. The van der Waals surface area contributed by atoms with Crippen LogP contribution in [0.4, 0.5) is 15.3 Å². The van der Waals surface area contributed by atoms with Gasteiger partial charge >= 0.3 is 18.2 Å². The van der Waals surface area contributed by atoms with Crippen LogP contribution in [-0.2, 0) is 29.0 Å². The predicted molar refractivity (Wildman–Crippen MR) is 141 cm³/mol. The van der Waals surface area contributed by atoms with Crippen LogP contribution in [0.5, 0.6) is 0 Å². The van der Waals surface area contributed by atoms with Crippen molar-refractivity contribution in [1.82, 2.24) is 9.62 Å². The molecule has 0 aliphatic heterocycles. The maximum Gasteiger partial charge on any atom is 0.420 e. The van der Waals surface area contributed by atoms with Crippen LogP contribution in [0.25, 0.3) is 0 Å². The maximum absolute atomic E-state index is 13.2. The Kier molecular flexibility index (Phi) is 11.0. The third kappa shape index (κ3) is 11.6. The number of hydrogen-bond acceptors (Lipinski definition) is 10. The van der Waals surface area contributed by atoms with Crippen LogP contribution >= 0.6 is 0 Å². The number of rotatable bonds is 9. The van der Waals surface area contributed by atoms with Crippen molar-refractivity contribution in [3.8, 4) is 0 Å². The Morgan fingerprint density at radius 3 is 1.79 bits per heavy atom. The number of nitrogens with zero attached hydrogens (tertiary/aromatic N) is 2. The lowest BCUT2D eigenvalue weighted by atomic mass is 10.1. The van der Waals surface area contributed by atoms with Crippen LogP contribution in [-0.4, -0.2) is 65.8 Å². The summed E-state index contributed by atoms with van der Waals surface area (Å²) in [5.74, 6) is -0.930. The van der Waals surface area contributed by atoms with Crippen LogP contribution in [0.15, 0.2) is 29.2 Å². The van der Waals surface area contributed by atoms with Gasteiger partial charge in [-0.15, -0.1) is 0 Å². The van der Waals surface area contributed by atoms with E-state index in [4.69, 9.17) is 14.2 Å². The number of ether oxygens (including phenoxy) is 3. The van der Waals surface area contributed by atoms with E-state index in [2.05, 4.69) is 4.72 Å². The highest BCUT2D eigenvalue weighted by Gasteiger charge is 2.42. The van der Waals surface area contributed by atoms with Gasteiger partial charge in [-0.2, -0.15) is 4.90 Å². The normalized spacial score (nSPS) is 13.3. The van der Waals surface area contributed by atoms with Gasteiger partial charge in [-0.1, -0.05) is 12.1 Å². The number of carbonyl (C=O) groups is 3. The summed E-state index contributed by atoms with van der Waals surface area (Å²) < 4.78 is 43.8. The summed E-state index contributed by atoms with van der Waals surface area (Å²) in [7, 11) is -4.29. The van der Waals surface area contributed by atoms with Crippen molar-refractivity contribution >= 4 is 33.9 Å². The number of amides is 2. The number of hydrogen-bond donors (Lipinski definition) is 1. The second kappa shape index (κ2) is 12.7. The lowest BCUT2D eigenvalue weighted by Gasteiger charge is -2.33. The van der Waals surface area contributed by atoms with Crippen molar-refractivity contribution < 1.29 is 41.9 Å². The van der Waals surface area contributed by atoms with Crippen LogP contribution in [0.3, 0.4) is 0 Å². The number of esters is 1. The number of carbonyl (C=O) groups excluding carboxylic acids is 3. The second-order valence-electron chi connectivity index (χ2n) is 11.6. The Labute approximate surface area is 229 Å². The molecule has 14 heteroatoms. The number of imide groups is 1. The summed E-state index contributed by atoms with van der Waals surface area (Å²) in [4.78, 5) is 49.8. The average molecular weight is 574 g/mol. The fourth-order valence-corrected chi connectivity index (χ4v) is 4.33. The topological polar surface area (TPSA) is 171 Å². The summed E-state index contributed by atoms with van der Waals surface area (Å²) in [6.07, 6.45) is -2.58. The number of benzene rings is 1. The summed E-state index contributed by atoms with van der Waals surface area (Å²) >= 11 is 0. The van der Waals surface area contributed by atoms with Gasteiger partial charge < -0.3 is 14.2 Å².